The summed E-state index contributed by atoms with van der Waals surface area (Å²) in [6.07, 6.45) is 0.403. The van der Waals surface area contributed by atoms with E-state index in [0.717, 1.165) is 0 Å². The van der Waals surface area contributed by atoms with Gasteiger partial charge in [0.1, 0.15) is 28.8 Å². The number of aromatic hydroxyl groups is 4. The first-order chi connectivity index (χ1) is 12.5. The highest BCUT2D eigenvalue weighted by Gasteiger charge is 2.25. The average molecular weight is 372 g/mol. The van der Waals surface area contributed by atoms with Gasteiger partial charge in [0.25, 0.3) is 0 Å². The molecule has 0 bridgehead atoms. The zero-order chi connectivity index (χ0) is 20.6. The smallest absolute Gasteiger partial charge is 0.154 e. The maximum absolute atomic E-state index is 11.7. The van der Waals surface area contributed by atoms with E-state index >= 15 is 0 Å². The van der Waals surface area contributed by atoms with Crippen molar-refractivity contribution in [2.24, 2.45) is 0 Å². The fourth-order valence-electron chi connectivity index (χ4n) is 3.20. The van der Waals surface area contributed by atoms with Gasteiger partial charge in [0.2, 0.25) is 0 Å². The van der Waals surface area contributed by atoms with Crippen LogP contribution < -0.4 is 0 Å². The van der Waals surface area contributed by atoms with E-state index in [1.54, 1.807) is 27.7 Å². The van der Waals surface area contributed by atoms with Crippen molar-refractivity contribution in [2.45, 2.75) is 47.0 Å². The van der Waals surface area contributed by atoms with Crippen LogP contribution in [0.3, 0.4) is 0 Å². The van der Waals surface area contributed by atoms with Gasteiger partial charge >= 0.3 is 0 Å². The fraction of sp³-hybridized carbons (Fsp3) is 0.333. The number of hydrogen-bond acceptors (Lipinski definition) is 6. The minimum absolute atomic E-state index is 0.0126. The summed E-state index contributed by atoms with van der Waals surface area (Å²) in [4.78, 5) is 23.2. The summed E-state index contributed by atoms with van der Waals surface area (Å²) < 4.78 is 0. The number of rotatable bonds is 5. The molecule has 0 fully saturated rings. The van der Waals surface area contributed by atoms with Crippen LogP contribution in [-0.2, 0) is 11.2 Å². The summed E-state index contributed by atoms with van der Waals surface area (Å²) in [5.41, 5.74) is 2.17. The normalized spacial score (nSPS) is 12.0. The van der Waals surface area contributed by atoms with Gasteiger partial charge in [-0.25, -0.2) is 0 Å². The molecule has 0 spiro atoms. The first-order valence-electron chi connectivity index (χ1n) is 8.56. The van der Waals surface area contributed by atoms with E-state index in [9.17, 15) is 30.0 Å². The second-order valence-corrected chi connectivity index (χ2v) is 6.90. The molecule has 0 aromatic heterocycles. The minimum Gasteiger partial charge on any atom is -0.508 e. The highest BCUT2D eigenvalue weighted by Crippen LogP contribution is 2.42. The van der Waals surface area contributed by atoms with Crippen molar-refractivity contribution in [1.29, 1.82) is 0 Å². The van der Waals surface area contributed by atoms with Gasteiger partial charge in [0, 0.05) is 29.0 Å². The number of ketones is 1. The molecule has 0 heterocycles. The Morgan fingerprint density at radius 1 is 0.963 bits per heavy atom. The molecular weight excluding hydrogens is 348 g/mol. The van der Waals surface area contributed by atoms with Gasteiger partial charge in [-0.15, -0.1) is 0 Å². The summed E-state index contributed by atoms with van der Waals surface area (Å²) >= 11 is 0. The van der Waals surface area contributed by atoms with Crippen LogP contribution in [0.2, 0.25) is 0 Å². The molecule has 0 aliphatic heterocycles. The lowest BCUT2D eigenvalue weighted by molar-refractivity contribution is -0.118. The van der Waals surface area contributed by atoms with Gasteiger partial charge in [0.15, 0.2) is 6.29 Å². The van der Waals surface area contributed by atoms with Gasteiger partial charge in [-0.1, -0.05) is 6.92 Å². The number of phenolic OH excluding ortho intramolecular Hbond substituents is 4. The predicted octanol–water partition coefficient (Wildman–Crippen LogP) is 3.53. The van der Waals surface area contributed by atoms with Crippen LogP contribution in [0.25, 0.3) is 0 Å². The average Bonchev–Trinajstić information content (AvgIpc) is 2.63. The zero-order valence-corrected chi connectivity index (χ0v) is 16.0. The van der Waals surface area contributed by atoms with Gasteiger partial charge in [-0.3, -0.25) is 9.59 Å². The van der Waals surface area contributed by atoms with E-state index < -0.39 is 11.7 Å². The molecule has 27 heavy (non-hydrogen) atoms. The number of Topliss-reactive ketones (excluding diaryl/α,β-unsaturated/α-hetero) is 1. The van der Waals surface area contributed by atoms with E-state index in [-0.39, 0.29) is 46.1 Å². The van der Waals surface area contributed by atoms with Crippen LogP contribution in [0.15, 0.2) is 6.07 Å². The van der Waals surface area contributed by atoms with Crippen molar-refractivity contribution in [3.8, 4) is 23.0 Å². The zero-order valence-electron chi connectivity index (χ0n) is 16.0. The van der Waals surface area contributed by atoms with Crippen molar-refractivity contribution in [1.82, 2.24) is 0 Å². The molecule has 0 aliphatic rings. The Bertz CT molecular complexity index is 914. The SMILES string of the molecule is CC(=O)[C@@H](C)c1cc(O)c(Cc2c(C)c(C)c(O)c(C)c2O)c(O)c1C=O. The largest absolute Gasteiger partial charge is 0.508 e. The molecule has 0 unspecified atom stereocenters. The number of phenols is 4. The van der Waals surface area contributed by atoms with Crippen LogP contribution in [0.1, 0.15) is 63.5 Å². The summed E-state index contributed by atoms with van der Waals surface area (Å²) in [7, 11) is 0. The van der Waals surface area contributed by atoms with E-state index in [1.807, 2.05) is 0 Å². The number of carbonyl (C=O) groups is 2. The molecule has 2 rings (SSSR count). The molecule has 0 radical (unpaired) electrons. The Balaban J connectivity index is 2.69. The van der Waals surface area contributed by atoms with Crippen molar-refractivity contribution in [3.05, 3.63) is 45.0 Å². The Morgan fingerprint density at radius 2 is 1.56 bits per heavy atom. The standard InChI is InChI=1S/C21H24O6/c1-9-10(2)19(25)12(4)20(26)15(9)6-16-18(24)7-14(11(3)13(5)23)17(8-22)21(16)27/h7-8,11,24-27H,6H2,1-5H3/t11-/m1/s1. The first kappa shape index (κ1) is 20.3. The molecule has 2 aromatic carbocycles. The monoisotopic (exact) mass is 372 g/mol. The summed E-state index contributed by atoms with van der Waals surface area (Å²) in [6, 6.07) is 1.30. The number of aldehydes is 1. The first-order valence-corrected chi connectivity index (χ1v) is 8.56. The highest BCUT2D eigenvalue weighted by molar-refractivity contribution is 5.90. The van der Waals surface area contributed by atoms with Crippen LogP contribution in [-0.4, -0.2) is 32.5 Å². The molecule has 6 nitrogen and oxygen atoms in total. The van der Waals surface area contributed by atoms with Crippen molar-refractivity contribution in [3.63, 3.8) is 0 Å². The van der Waals surface area contributed by atoms with E-state index in [2.05, 4.69) is 0 Å². The lowest BCUT2D eigenvalue weighted by Crippen LogP contribution is -2.09. The third-order valence-corrected chi connectivity index (χ3v) is 5.37. The van der Waals surface area contributed by atoms with Crippen molar-refractivity contribution in [2.75, 3.05) is 0 Å². The molecule has 6 heteroatoms. The summed E-state index contributed by atoms with van der Waals surface area (Å²) in [5, 5.41) is 41.5. The number of carbonyl (C=O) groups excluding carboxylic acids is 2. The van der Waals surface area contributed by atoms with Gasteiger partial charge < -0.3 is 20.4 Å². The minimum atomic E-state index is -0.663. The fourth-order valence-corrected chi connectivity index (χ4v) is 3.20. The number of hydrogen-bond donors (Lipinski definition) is 4. The number of benzene rings is 2. The maximum atomic E-state index is 11.7. The summed E-state index contributed by atoms with van der Waals surface area (Å²) in [6.45, 7) is 7.94. The lowest BCUT2D eigenvalue weighted by Gasteiger charge is -2.19. The second-order valence-electron chi connectivity index (χ2n) is 6.90. The van der Waals surface area contributed by atoms with Gasteiger partial charge in [-0.2, -0.15) is 0 Å². The Hall–Kier alpha value is -3.02. The lowest BCUT2D eigenvalue weighted by atomic mass is 9.87. The predicted molar refractivity (Wildman–Crippen MR) is 101 cm³/mol. The third-order valence-electron chi connectivity index (χ3n) is 5.37. The maximum Gasteiger partial charge on any atom is 0.154 e. The Kier molecular flexibility index (Phi) is 5.49. The third kappa shape index (κ3) is 3.35. The molecule has 0 amide bonds. The van der Waals surface area contributed by atoms with E-state index in [1.165, 1.54) is 13.0 Å². The molecule has 1 atom stereocenters. The molecule has 2 aromatic rings. The van der Waals surface area contributed by atoms with Crippen LogP contribution in [0.4, 0.5) is 0 Å². The van der Waals surface area contributed by atoms with Crippen molar-refractivity contribution >= 4 is 12.1 Å². The summed E-state index contributed by atoms with van der Waals surface area (Å²) in [5.74, 6) is -1.71. The Morgan fingerprint density at radius 3 is 2.07 bits per heavy atom. The topological polar surface area (TPSA) is 115 Å². The van der Waals surface area contributed by atoms with Crippen LogP contribution >= 0.6 is 0 Å². The molecular formula is C21H24O6. The molecule has 0 saturated heterocycles. The van der Waals surface area contributed by atoms with Crippen LogP contribution in [0, 0.1) is 20.8 Å². The molecule has 144 valence electrons. The second kappa shape index (κ2) is 7.31. The van der Waals surface area contributed by atoms with E-state index in [4.69, 9.17) is 0 Å². The Labute approximate surface area is 157 Å². The molecule has 0 saturated carbocycles. The van der Waals surface area contributed by atoms with Crippen molar-refractivity contribution < 1.29 is 30.0 Å². The highest BCUT2D eigenvalue weighted by atomic mass is 16.3. The van der Waals surface area contributed by atoms with Gasteiger partial charge in [0.05, 0.1) is 5.56 Å². The van der Waals surface area contributed by atoms with E-state index in [0.29, 0.717) is 28.5 Å². The van der Waals surface area contributed by atoms with Crippen LogP contribution in [0.5, 0.6) is 23.0 Å². The molecule has 4 N–H and O–H groups in total. The quantitative estimate of drug-likeness (QED) is 0.597. The van der Waals surface area contributed by atoms with Gasteiger partial charge in [-0.05, 0) is 50.5 Å². The molecule has 0 aliphatic carbocycles.